The molecule has 2 heterocycles. The highest BCUT2D eigenvalue weighted by atomic mass is 16.5. The Labute approximate surface area is 150 Å². The molecule has 132 valence electrons. The fraction of sp³-hybridized carbons (Fsp3) is 0.476. The zero-order valence-corrected chi connectivity index (χ0v) is 15.1. The van der Waals surface area contributed by atoms with Gasteiger partial charge in [0.05, 0.1) is 13.2 Å². The van der Waals surface area contributed by atoms with Gasteiger partial charge in [-0.25, -0.2) is 0 Å². The van der Waals surface area contributed by atoms with Crippen molar-refractivity contribution in [2.24, 2.45) is 0 Å². The summed E-state index contributed by atoms with van der Waals surface area (Å²) in [5.74, 6) is 0.946. The normalized spacial score (nSPS) is 23.8. The molecule has 1 N–H and O–H groups in total. The maximum Gasteiger partial charge on any atom is 0.119 e. The second-order valence-electron chi connectivity index (χ2n) is 7.21. The summed E-state index contributed by atoms with van der Waals surface area (Å²) in [4.78, 5) is 7.11. The number of rotatable bonds is 6. The molecule has 1 aliphatic carbocycles. The Hall–Kier alpha value is -1.91. The molecular weight excluding hydrogens is 310 g/mol. The monoisotopic (exact) mass is 337 g/mol. The van der Waals surface area contributed by atoms with Crippen LogP contribution in [-0.2, 0) is 6.54 Å². The van der Waals surface area contributed by atoms with Crippen molar-refractivity contribution in [3.63, 3.8) is 0 Å². The fourth-order valence-corrected chi connectivity index (χ4v) is 4.04. The van der Waals surface area contributed by atoms with E-state index >= 15 is 0 Å². The van der Waals surface area contributed by atoms with Crippen LogP contribution in [0, 0.1) is 6.92 Å². The number of likely N-dealkylation sites (tertiary alicyclic amines) is 1. The number of hydrogen-bond donors (Lipinski definition) is 1. The average Bonchev–Trinajstić information content (AvgIpc) is 3.41. The van der Waals surface area contributed by atoms with Gasteiger partial charge in [0.15, 0.2) is 0 Å². The fourth-order valence-electron chi connectivity index (χ4n) is 4.04. The molecule has 0 spiro atoms. The lowest BCUT2D eigenvalue weighted by Crippen LogP contribution is -2.36. The third-order valence-electron chi connectivity index (χ3n) is 5.56. The molecule has 0 bridgehead atoms. The Morgan fingerprint density at radius 1 is 1.20 bits per heavy atom. The van der Waals surface area contributed by atoms with Crippen LogP contribution >= 0.6 is 0 Å². The third kappa shape index (κ3) is 3.55. The van der Waals surface area contributed by atoms with Crippen molar-refractivity contribution in [1.29, 1.82) is 0 Å². The van der Waals surface area contributed by atoms with Gasteiger partial charge in [0.25, 0.3) is 0 Å². The lowest BCUT2D eigenvalue weighted by atomic mass is 9.99. The Bertz CT molecular complexity index is 729. The number of aromatic nitrogens is 1. The van der Waals surface area contributed by atoms with Crippen LogP contribution in [0.2, 0.25) is 0 Å². The van der Waals surface area contributed by atoms with Crippen LogP contribution in [0.3, 0.4) is 0 Å². The maximum atomic E-state index is 5.46. The van der Waals surface area contributed by atoms with Crippen molar-refractivity contribution in [2.75, 3.05) is 13.7 Å². The smallest absolute Gasteiger partial charge is 0.119 e. The van der Waals surface area contributed by atoms with Gasteiger partial charge in [0.2, 0.25) is 0 Å². The zero-order chi connectivity index (χ0) is 17.2. The van der Waals surface area contributed by atoms with Gasteiger partial charge < -0.3 is 10.1 Å². The molecule has 1 aromatic heterocycles. The van der Waals surface area contributed by atoms with E-state index in [2.05, 4.69) is 46.4 Å². The van der Waals surface area contributed by atoms with Gasteiger partial charge in [-0.2, -0.15) is 0 Å². The molecule has 1 saturated heterocycles. The van der Waals surface area contributed by atoms with Crippen LogP contribution in [0.4, 0.5) is 0 Å². The summed E-state index contributed by atoms with van der Waals surface area (Å²) in [6.07, 6.45) is 5.74. The van der Waals surface area contributed by atoms with E-state index in [0.29, 0.717) is 12.1 Å². The lowest BCUT2D eigenvalue weighted by Gasteiger charge is -2.29. The van der Waals surface area contributed by atoms with Gasteiger partial charge in [-0.15, -0.1) is 0 Å². The summed E-state index contributed by atoms with van der Waals surface area (Å²) in [6, 6.07) is 14.4. The van der Waals surface area contributed by atoms with Crippen molar-refractivity contribution in [1.82, 2.24) is 15.2 Å². The van der Waals surface area contributed by atoms with Gasteiger partial charge in [-0.05, 0) is 55.5 Å². The third-order valence-corrected chi connectivity index (χ3v) is 5.56. The van der Waals surface area contributed by atoms with Crippen LogP contribution < -0.4 is 10.1 Å². The first-order valence-corrected chi connectivity index (χ1v) is 9.30. The van der Waals surface area contributed by atoms with Crippen molar-refractivity contribution in [3.8, 4) is 5.75 Å². The summed E-state index contributed by atoms with van der Waals surface area (Å²) in [5, 5.41) is 3.81. The number of ether oxygens (including phenoxy) is 1. The van der Waals surface area contributed by atoms with Crippen LogP contribution in [0.5, 0.6) is 5.75 Å². The second kappa shape index (κ2) is 7.14. The number of pyridine rings is 1. The molecule has 0 radical (unpaired) electrons. The van der Waals surface area contributed by atoms with E-state index in [-0.39, 0.29) is 0 Å². The first kappa shape index (κ1) is 16.6. The first-order chi connectivity index (χ1) is 12.3. The van der Waals surface area contributed by atoms with Gasteiger partial charge in [0.1, 0.15) is 5.75 Å². The number of nitrogens with zero attached hydrogens (tertiary/aromatic N) is 2. The number of aryl methyl sites for hydroxylation is 1. The molecule has 2 aliphatic rings. The Kier molecular flexibility index (Phi) is 4.73. The topological polar surface area (TPSA) is 37.4 Å². The van der Waals surface area contributed by atoms with E-state index < -0.39 is 0 Å². The van der Waals surface area contributed by atoms with Crippen LogP contribution in [0.1, 0.15) is 42.1 Å². The van der Waals surface area contributed by atoms with Crippen molar-refractivity contribution < 1.29 is 4.74 Å². The minimum absolute atomic E-state index is 0.430. The molecule has 2 fully saturated rings. The Balaban J connectivity index is 1.54. The minimum atomic E-state index is 0.430. The predicted molar refractivity (Wildman–Crippen MR) is 99.7 cm³/mol. The number of hydrogen-bond acceptors (Lipinski definition) is 4. The molecule has 1 aliphatic heterocycles. The Morgan fingerprint density at radius 2 is 2.08 bits per heavy atom. The maximum absolute atomic E-state index is 5.46. The molecule has 1 saturated carbocycles. The molecule has 2 atom stereocenters. The summed E-state index contributed by atoms with van der Waals surface area (Å²) in [6.45, 7) is 4.14. The summed E-state index contributed by atoms with van der Waals surface area (Å²) < 4.78 is 5.46. The molecule has 2 aromatic rings. The highest BCUT2D eigenvalue weighted by Crippen LogP contribution is 2.41. The summed E-state index contributed by atoms with van der Waals surface area (Å²) in [5.41, 5.74) is 3.77. The van der Waals surface area contributed by atoms with E-state index in [9.17, 15) is 0 Å². The van der Waals surface area contributed by atoms with E-state index in [1.807, 2.05) is 18.3 Å². The van der Waals surface area contributed by atoms with Crippen molar-refractivity contribution >= 4 is 0 Å². The molecule has 25 heavy (non-hydrogen) atoms. The predicted octanol–water partition coefficient (Wildman–Crippen LogP) is 3.47. The van der Waals surface area contributed by atoms with Crippen LogP contribution in [0.15, 0.2) is 42.6 Å². The largest absolute Gasteiger partial charge is 0.497 e. The number of nitrogens with one attached hydrogen (secondary N) is 1. The quantitative estimate of drug-likeness (QED) is 0.876. The highest BCUT2D eigenvalue weighted by molar-refractivity contribution is 5.32. The van der Waals surface area contributed by atoms with Crippen LogP contribution in [-0.4, -0.2) is 35.6 Å². The zero-order valence-electron chi connectivity index (χ0n) is 15.1. The average molecular weight is 337 g/mol. The number of methoxy groups -OCH3 is 1. The summed E-state index contributed by atoms with van der Waals surface area (Å²) >= 11 is 0. The highest BCUT2D eigenvalue weighted by Gasteiger charge is 2.42. The molecule has 4 heteroatoms. The van der Waals surface area contributed by atoms with Gasteiger partial charge in [-0.1, -0.05) is 18.2 Å². The standard InChI is InChI=1S/C21H27N3O/c1-15-17(6-4-11-22-15)14-23-20-10-12-24(18-8-9-18)21(20)16-5-3-7-19(13-16)25-2/h3-7,11,13,18,20-21,23H,8-10,12,14H2,1-2H3/t20-,21+/m0/s1. The molecule has 1 aromatic carbocycles. The summed E-state index contributed by atoms with van der Waals surface area (Å²) in [7, 11) is 1.74. The Morgan fingerprint density at radius 3 is 2.84 bits per heavy atom. The lowest BCUT2D eigenvalue weighted by molar-refractivity contribution is 0.226. The SMILES string of the molecule is COc1cccc([C@@H]2[C@@H](NCc3cccnc3C)CCN2C2CC2)c1. The van der Waals surface area contributed by atoms with Gasteiger partial charge in [0, 0.05) is 37.1 Å². The molecule has 4 nitrogen and oxygen atoms in total. The first-order valence-electron chi connectivity index (χ1n) is 9.30. The van der Waals surface area contributed by atoms with E-state index in [1.165, 1.54) is 36.9 Å². The molecule has 0 unspecified atom stereocenters. The van der Waals surface area contributed by atoms with Crippen molar-refractivity contribution in [2.45, 2.75) is 50.9 Å². The minimum Gasteiger partial charge on any atom is -0.497 e. The molecule has 0 amide bonds. The van der Waals surface area contributed by atoms with Gasteiger partial charge >= 0.3 is 0 Å². The van der Waals surface area contributed by atoms with Crippen molar-refractivity contribution in [3.05, 3.63) is 59.4 Å². The molecular formula is C21H27N3O. The number of benzene rings is 1. The van der Waals surface area contributed by atoms with Crippen LogP contribution in [0.25, 0.3) is 0 Å². The van der Waals surface area contributed by atoms with E-state index in [1.54, 1.807) is 7.11 Å². The van der Waals surface area contributed by atoms with E-state index in [4.69, 9.17) is 4.74 Å². The van der Waals surface area contributed by atoms with E-state index in [0.717, 1.165) is 24.0 Å². The molecule has 4 rings (SSSR count). The van der Waals surface area contributed by atoms with Gasteiger partial charge in [-0.3, -0.25) is 9.88 Å². The second-order valence-corrected chi connectivity index (χ2v) is 7.21.